The molecule has 1 atom stereocenters. The fourth-order valence-corrected chi connectivity index (χ4v) is 2.98. The number of fused-ring (bicyclic) bond motifs is 1. The minimum absolute atomic E-state index is 0.00899. The van der Waals surface area contributed by atoms with Crippen molar-refractivity contribution in [3.8, 4) is 11.5 Å². The minimum atomic E-state index is -0.474. The molecular formula is C16H15NO5S. The number of hydrogen-bond donors (Lipinski definition) is 1. The van der Waals surface area contributed by atoms with Gasteiger partial charge in [0, 0.05) is 0 Å². The fraction of sp³-hybridized carbons (Fsp3) is 0.250. The number of nitrogens with one attached hydrogen (secondary N) is 1. The molecule has 6 nitrogen and oxygen atoms in total. The van der Waals surface area contributed by atoms with Crippen molar-refractivity contribution in [3.05, 3.63) is 40.1 Å². The summed E-state index contributed by atoms with van der Waals surface area (Å²) in [5.41, 5.74) is 1.34. The number of carbonyl (C=O) groups excluding carboxylic acids is 2. The van der Waals surface area contributed by atoms with E-state index in [2.05, 4.69) is 5.32 Å². The molecule has 0 fully saturated rings. The number of anilines is 1. The number of carbonyl (C=O) groups is 2. The maximum atomic E-state index is 12.2. The zero-order valence-electron chi connectivity index (χ0n) is 12.6. The average Bonchev–Trinajstić information content (AvgIpc) is 3.02. The van der Waals surface area contributed by atoms with E-state index in [1.807, 2.05) is 0 Å². The molecule has 0 aliphatic carbocycles. The number of methoxy groups -OCH3 is 1. The van der Waals surface area contributed by atoms with E-state index < -0.39 is 12.1 Å². The highest BCUT2D eigenvalue weighted by molar-refractivity contribution is 7.12. The molecule has 1 aromatic carbocycles. The SMILES string of the molecule is COc1ccsc1C(=O)O[C@@H](C)c1ccc2c(c1)NC(=O)CO2. The lowest BCUT2D eigenvalue weighted by molar-refractivity contribution is -0.118. The summed E-state index contributed by atoms with van der Waals surface area (Å²) < 4.78 is 15.9. The van der Waals surface area contributed by atoms with Crippen molar-refractivity contribution in [2.75, 3.05) is 19.0 Å². The molecule has 3 rings (SSSR count). The lowest BCUT2D eigenvalue weighted by atomic mass is 10.1. The molecule has 1 aromatic heterocycles. The van der Waals surface area contributed by atoms with Crippen LogP contribution in [0.1, 0.15) is 28.3 Å². The van der Waals surface area contributed by atoms with Crippen LogP contribution < -0.4 is 14.8 Å². The average molecular weight is 333 g/mol. The molecule has 0 spiro atoms. The smallest absolute Gasteiger partial charge is 0.352 e. The van der Waals surface area contributed by atoms with Crippen LogP contribution in [0.15, 0.2) is 29.6 Å². The molecule has 1 aliphatic heterocycles. The number of ether oxygens (including phenoxy) is 3. The summed E-state index contributed by atoms with van der Waals surface area (Å²) >= 11 is 1.27. The quantitative estimate of drug-likeness (QED) is 0.871. The molecule has 1 aliphatic rings. The predicted octanol–water partition coefficient (Wildman–Crippen LogP) is 3.01. The Morgan fingerprint density at radius 2 is 2.22 bits per heavy atom. The summed E-state index contributed by atoms with van der Waals surface area (Å²) in [5, 5.41) is 4.50. The van der Waals surface area contributed by atoms with Gasteiger partial charge in [-0.3, -0.25) is 4.79 Å². The van der Waals surface area contributed by atoms with Gasteiger partial charge < -0.3 is 19.5 Å². The van der Waals surface area contributed by atoms with Crippen LogP contribution in [0.25, 0.3) is 0 Å². The maximum Gasteiger partial charge on any atom is 0.352 e. The highest BCUT2D eigenvalue weighted by Gasteiger charge is 2.21. The Morgan fingerprint density at radius 3 is 3.00 bits per heavy atom. The monoisotopic (exact) mass is 333 g/mol. The summed E-state index contributed by atoms with van der Waals surface area (Å²) in [6.07, 6.45) is -0.474. The van der Waals surface area contributed by atoms with Crippen molar-refractivity contribution in [2.24, 2.45) is 0 Å². The highest BCUT2D eigenvalue weighted by Crippen LogP contribution is 2.33. The Kier molecular flexibility index (Phi) is 4.20. The van der Waals surface area contributed by atoms with Gasteiger partial charge in [-0.15, -0.1) is 11.3 Å². The third-order valence-electron chi connectivity index (χ3n) is 3.42. The normalized spacial score (nSPS) is 14.3. The third-order valence-corrected chi connectivity index (χ3v) is 4.30. The molecule has 0 unspecified atom stereocenters. The first-order chi connectivity index (χ1) is 11.1. The predicted molar refractivity (Wildman–Crippen MR) is 85.3 cm³/mol. The number of rotatable bonds is 4. The van der Waals surface area contributed by atoms with Crippen LogP contribution in [0, 0.1) is 0 Å². The van der Waals surface area contributed by atoms with Gasteiger partial charge >= 0.3 is 5.97 Å². The first-order valence-electron chi connectivity index (χ1n) is 6.97. The molecular weight excluding hydrogens is 318 g/mol. The largest absolute Gasteiger partial charge is 0.495 e. The number of thiophene rings is 1. The first-order valence-corrected chi connectivity index (χ1v) is 7.85. The summed E-state index contributed by atoms with van der Waals surface area (Å²) in [4.78, 5) is 24.0. The van der Waals surface area contributed by atoms with E-state index in [9.17, 15) is 9.59 Å². The van der Waals surface area contributed by atoms with E-state index in [4.69, 9.17) is 14.2 Å². The van der Waals surface area contributed by atoms with E-state index >= 15 is 0 Å². The zero-order valence-corrected chi connectivity index (χ0v) is 13.4. The van der Waals surface area contributed by atoms with Gasteiger partial charge in [0.1, 0.15) is 17.6 Å². The van der Waals surface area contributed by atoms with Gasteiger partial charge in [0.05, 0.1) is 12.8 Å². The third kappa shape index (κ3) is 3.14. The Labute approximate surface area is 137 Å². The molecule has 7 heteroatoms. The summed E-state index contributed by atoms with van der Waals surface area (Å²) in [5.74, 6) is 0.454. The lowest BCUT2D eigenvalue weighted by Gasteiger charge is -2.20. The lowest BCUT2D eigenvalue weighted by Crippen LogP contribution is -2.25. The first kappa shape index (κ1) is 15.4. The van der Waals surface area contributed by atoms with Crippen molar-refractivity contribution in [3.63, 3.8) is 0 Å². The molecule has 0 radical (unpaired) electrons. The van der Waals surface area contributed by atoms with Gasteiger partial charge in [0.25, 0.3) is 5.91 Å². The van der Waals surface area contributed by atoms with E-state index in [1.54, 1.807) is 36.6 Å². The Hall–Kier alpha value is -2.54. The number of benzene rings is 1. The fourth-order valence-electron chi connectivity index (χ4n) is 2.24. The van der Waals surface area contributed by atoms with Gasteiger partial charge in [-0.05, 0) is 36.1 Å². The Balaban J connectivity index is 1.76. The van der Waals surface area contributed by atoms with Crippen LogP contribution in [0.2, 0.25) is 0 Å². The summed E-state index contributed by atoms with van der Waals surface area (Å²) in [6, 6.07) is 7.02. The standard InChI is InChI=1S/C16H15NO5S/c1-9(22-16(19)15-13(20-2)5-6-23-15)10-3-4-12-11(7-10)17-14(18)8-21-12/h3-7,9H,8H2,1-2H3,(H,17,18)/t9-/m0/s1. The highest BCUT2D eigenvalue weighted by atomic mass is 32.1. The number of amides is 1. The molecule has 1 N–H and O–H groups in total. The van der Waals surface area contributed by atoms with Gasteiger partial charge in [0.2, 0.25) is 0 Å². The van der Waals surface area contributed by atoms with Crippen molar-refractivity contribution in [1.82, 2.24) is 0 Å². The maximum absolute atomic E-state index is 12.2. The van der Waals surface area contributed by atoms with Gasteiger partial charge in [-0.1, -0.05) is 6.07 Å². The van der Waals surface area contributed by atoms with Crippen LogP contribution in [0.5, 0.6) is 11.5 Å². The zero-order chi connectivity index (χ0) is 16.4. The summed E-state index contributed by atoms with van der Waals surface area (Å²) in [6.45, 7) is 1.78. The molecule has 0 saturated heterocycles. The van der Waals surface area contributed by atoms with Crippen molar-refractivity contribution in [2.45, 2.75) is 13.0 Å². The molecule has 23 heavy (non-hydrogen) atoms. The van der Waals surface area contributed by atoms with Gasteiger partial charge in [-0.25, -0.2) is 4.79 Å². The van der Waals surface area contributed by atoms with E-state index in [0.29, 0.717) is 22.1 Å². The van der Waals surface area contributed by atoms with E-state index in [-0.39, 0.29) is 12.5 Å². The Morgan fingerprint density at radius 1 is 1.39 bits per heavy atom. The van der Waals surface area contributed by atoms with Crippen LogP contribution in [0.3, 0.4) is 0 Å². The van der Waals surface area contributed by atoms with Crippen LogP contribution in [0.4, 0.5) is 5.69 Å². The molecule has 2 heterocycles. The van der Waals surface area contributed by atoms with Crippen LogP contribution >= 0.6 is 11.3 Å². The second kappa shape index (κ2) is 6.29. The van der Waals surface area contributed by atoms with Gasteiger partial charge in [0.15, 0.2) is 11.5 Å². The van der Waals surface area contributed by atoms with Crippen LogP contribution in [-0.4, -0.2) is 25.6 Å². The molecule has 2 aromatic rings. The molecule has 0 bridgehead atoms. The summed E-state index contributed by atoms with van der Waals surface area (Å²) in [7, 11) is 1.51. The van der Waals surface area contributed by atoms with E-state index in [1.165, 1.54) is 18.4 Å². The number of esters is 1. The van der Waals surface area contributed by atoms with Gasteiger partial charge in [-0.2, -0.15) is 0 Å². The minimum Gasteiger partial charge on any atom is -0.495 e. The van der Waals surface area contributed by atoms with Crippen molar-refractivity contribution >= 4 is 28.9 Å². The molecule has 1 amide bonds. The van der Waals surface area contributed by atoms with Crippen LogP contribution in [-0.2, 0) is 9.53 Å². The number of hydrogen-bond acceptors (Lipinski definition) is 6. The van der Waals surface area contributed by atoms with E-state index in [0.717, 1.165) is 5.56 Å². The van der Waals surface area contributed by atoms with Crippen molar-refractivity contribution < 1.29 is 23.8 Å². The molecule has 120 valence electrons. The topological polar surface area (TPSA) is 73.9 Å². The second-order valence-corrected chi connectivity index (χ2v) is 5.87. The second-order valence-electron chi connectivity index (χ2n) is 4.96. The van der Waals surface area contributed by atoms with Crippen molar-refractivity contribution in [1.29, 1.82) is 0 Å². The Bertz CT molecular complexity index is 755. The molecule has 0 saturated carbocycles.